The van der Waals surface area contributed by atoms with Crippen LogP contribution < -0.4 is 0 Å². The zero-order valence-corrected chi connectivity index (χ0v) is 17.5. The van der Waals surface area contributed by atoms with Gasteiger partial charge >= 0.3 is 11.9 Å². The third-order valence-corrected chi connectivity index (χ3v) is 5.50. The minimum absolute atomic E-state index is 0.138. The lowest BCUT2D eigenvalue weighted by atomic mass is 10.1. The lowest BCUT2D eigenvalue weighted by Crippen LogP contribution is -2.38. The molecule has 3 aromatic carbocycles. The molecule has 3 aromatic rings. The molecule has 1 heterocycles. The van der Waals surface area contributed by atoms with Crippen molar-refractivity contribution in [3.8, 4) is 0 Å². The van der Waals surface area contributed by atoms with Crippen LogP contribution in [-0.2, 0) is 16.0 Å². The second-order valence-electron chi connectivity index (χ2n) is 7.70. The van der Waals surface area contributed by atoms with E-state index in [0.717, 1.165) is 5.56 Å². The molecule has 0 unspecified atom stereocenters. The summed E-state index contributed by atoms with van der Waals surface area (Å²) in [5.41, 5.74) is 1.77. The van der Waals surface area contributed by atoms with E-state index in [1.54, 1.807) is 60.7 Å². The number of rotatable bonds is 7. The molecule has 4 rings (SSSR count). The van der Waals surface area contributed by atoms with E-state index in [1.165, 1.54) is 0 Å². The molecule has 1 fully saturated rings. The summed E-state index contributed by atoms with van der Waals surface area (Å²) in [6, 6.07) is 26.0. The highest BCUT2D eigenvalue weighted by Crippen LogP contribution is 2.27. The zero-order chi connectivity index (χ0) is 22.3. The minimum atomic E-state index is -1.49. The SMILES string of the molecule is O=C(OC[C@@H]1[C@H](F)[C@H](OC(=O)c2ccccc2)CN1Cc1ccccc1)c1ccccc1. The van der Waals surface area contributed by atoms with Crippen molar-refractivity contribution in [2.45, 2.75) is 24.9 Å². The molecule has 3 atom stereocenters. The van der Waals surface area contributed by atoms with Crippen molar-refractivity contribution in [1.29, 1.82) is 0 Å². The van der Waals surface area contributed by atoms with Gasteiger partial charge in [-0.1, -0.05) is 66.7 Å². The second-order valence-corrected chi connectivity index (χ2v) is 7.70. The first-order valence-electron chi connectivity index (χ1n) is 10.5. The van der Waals surface area contributed by atoms with Gasteiger partial charge in [0.1, 0.15) is 12.7 Å². The highest BCUT2D eigenvalue weighted by molar-refractivity contribution is 5.89. The predicted octanol–water partition coefficient (Wildman–Crippen LogP) is 4.29. The van der Waals surface area contributed by atoms with Gasteiger partial charge in [0.25, 0.3) is 0 Å². The topological polar surface area (TPSA) is 55.8 Å². The standard InChI is InChI=1S/C26H24FNO4/c27-24-22(18-31-25(29)20-12-6-2-7-13-20)28(16-19-10-4-1-5-11-19)17-23(24)32-26(30)21-14-8-3-9-15-21/h1-15,22-24H,16-18H2/t22-,23-,24+/m1/s1. The van der Waals surface area contributed by atoms with Crippen LogP contribution in [-0.4, -0.2) is 48.3 Å². The monoisotopic (exact) mass is 433 g/mol. The summed E-state index contributed by atoms with van der Waals surface area (Å²) in [4.78, 5) is 26.7. The molecule has 0 aliphatic carbocycles. The Hall–Kier alpha value is -3.51. The molecule has 1 aliphatic heterocycles. The number of hydrogen-bond acceptors (Lipinski definition) is 5. The number of ether oxygens (including phenoxy) is 2. The van der Waals surface area contributed by atoms with Gasteiger partial charge in [-0.25, -0.2) is 14.0 Å². The number of benzene rings is 3. The Morgan fingerprint density at radius 2 is 1.34 bits per heavy atom. The highest BCUT2D eigenvalue weighted by atomic mass is 19.1. The largest absolute Gasteiger partial charge is 0.460 e. The van der Waals surface area contributed by atoms with Crippen LogP contribution in [0.2, 0.25) is 0 Å². The van der Waals surface area contributed by atoms with E-state index >= 15 is 4.39 Å². The van der Waals surface area contributed by atoms with Crippen LogP contribution in [0.3, 0.4) is 0 Å². The molecule has 32 heavy (non-hydrogen) atoms. The van der Waals surface area contributed by atoms with Crippen LogP contribution in [0.1, 0.15) is 26.3 Å². The Labute approximate surface area is 186 Å². The molecular weight excluding hydrogens is 409 g/mol. The van der Waals surface area contributed by atoms with Crippen molar-refractivity contribution in [2.24, 2.45) is 0 Å². The molecule has 5 nitrogen and oxygen atoms in total. The molecule has 0 saturated carbocycles. The summed E-state index contributed by atoms with van der Waals surface area (Å²) in [5, 5.41) is 0. The number of nitrogens with zero attached hydrogens (tertiary/aromatic N) is 1. The number of alkyl halides is 1. The normalized spacial score (nSPS) is 20.6. The Kier molecular flexibility index (Phi) is 6.92. The first-order chi connectivity index (χ1) is 15.6. The molecule has 1 aliphatic rings. The number of esters is 2. The maximum atomic E-state index is 15.4. The Morgan fingerprint density at radius 1 is 0.812 bits per heavy atom. The summed E-state index contributed by atoms with van der Waals surface area (Å²) in [7, 11) is 0. The third-order valence-electron chi connectivity index (χ3n) is 5.50. The van der Waals surface area contributed by atoms with Gasteiger partial charge in [-0.05, 0) is 29.8 Å². The Bertz CT molecular complexity index is 1030. The van der Waals surface area contributed by atoms with E-state index < -0.39 is 30.3 Å². The van der Waals surface area contributed by atoms with Crippen LogP contribution in [0.4, 0.5) is 4.39 Å². The molecule has 0 N–H and O–H groups in total. The van der Waals surface area contributed by atoms with E-state index in [0.29, 0.717) is 17.7 Å². The Morgan fingerprint density at radius 3 is 1.94 bits per heavy atom. The first-order valence-corrected chi connectivity index (χ1v) is 10.5. The van der Waals surface area contributed by atoms with E-state index in [2.05, 4.69) is 0 Å². The molecule has 0 bridgehead atoms. The fraction of sp³-hybridized carbons (Fsp3) is 0.231. The van der Waals surface area contributed by atoms with Crippen LogP contribution in [0.15, 0.2) is 91.0 Å². The molecule has 0 spiro atoms. The van der Waals surface area contributed by atoms with Gasteiger partial charge in [0.15, 0.2) is 6.17 Å². The van der Waals surface area contributed by atoms with Crippen LogP contribution in [0, 0.1) is 0 Å². The van der Waals surface area contributed by atoms with E-state index in [4.69, 9.17) is 9.47 Å². The van der Waals surface area contributed by atoms with Gasteiger partial charge in [0.2, 0.25) is 0 Å². The van der Waals surface area contributed by atoms with Crippen molar-refractivity contribution in [1.82, 2.24) is 4.90 Å². The third kappa shape index (κ3) is 5.21. The molecule has 0 amide bonds. The van der Waals surface area contributed by atoms with Crippen molar-refractivity contribution in [3.63, 3.8) is 0 Å². The summed E-state index contributed by atoms with van der Waals surface area (Å²) < 4.78 is 26.4. The van der Waals surface area contributed by atoms with Crippen molar-refractivity contribution < 1.29 is 23.5 Å². The molecule has 1 saturated heterocycles. The molecule has 0 aromatic heterocycles. The fourth-order valence-electron chi connectivity index (χ4n) is 3.81. The molecule has 164 valence electrons. The lowest BCUT2D eigenvalue weighted by Gasteiger charge is -2.24. The molecular formula is C26H24FNO4. The van der Waals surface area contributed by atoms with Gasteiger partial charge in [-0.2, -0.15) is 0 Å². The zero-order valence-electron chi connectivity index (χ0n) is 17.5. The van der Waals surface area contributed by atoms with Gasteiger partial charge < -0.3 is 9.47 Å². The van der Waals surface area contributed by atoms with Gasteiger partial charge in [-0.3, -0.25) is 4.90 Å². The summed E-state index contributed by atoms with van der Waals surface area (Å²) in [6.45, 7) is 0.525. The highest BCUT2D eigenvalue weighted by Gasteiger charge is 2.45. The smallest absolute Gasteiger partial charge is 0.338 e. The van der Waals surface area contributed by atoms with E-state index in [1.807, 2.05) is 35.2 Å². The average molecular weight is 433 g/mol. The molecule has 0 radical (unpaired) electrons. The van der Waals surface area contributed by atoms with Gasteiger partial charge in [0.05, 0.1) is 17.2 Å². The van der Waals surface area contributed by atoms with Gasteiger partial charge in [-0.15, -0.1) is 0 Å². The average Bonchev–Trinajstić information content (AvgIpc) is 3.12. The quantitative estimate of drug-likeness (QED) is 0.521. The number of carbonyl (C=O) groups excluding carboxylic acids is 2. The van der Waals surface area contributed by atoms with Crippen molar-refractivity contribution >= 4 is 11.9 Å². The summed E-state index contributed by atoms with van der Waals surface area (Å²) in [6.07, 6.45) is -2.44. The number of halogens is 1. The number of carbonyl (C=O) groups is 2. The molecule has 6 heteroatoms. The predicted molar refractivity (Wildman–Crippen MR) is 118 cm³/mol. The minimum Gasteiger partial charge on any atom is -0.460 e. The number of hydrogen-bond donors (Lipinski definition) is 0. The van der Waals surface area contributed by atoms with E-state index in [-0.39, 0.29) is 13.2 Å². The van der Waals surface area contributed by atoms with Crippen molar-refractivity contribution in [3.05, 3.63) is 108 Å². The first kappa shape index (κ1) is 21.7. The maximum Gasteiger partial charge on any atom is 0.338 e. The van der Waals surface area contributed by atoms with Crippen LogP contribution >= 0.6 is 0 Å². The summed E-state index contributed by atoms with van der Waals surface area (Å²) >= 11 is 0. The summed E-state index contributed by atoms with van der Waals surface area (Å²) in [5.74, 6) is -1.08. The second kappa shape index (κ2) is 10.2. The van der Waals surface area contributed by atoms with Crippen LogP contribution in [0.5, 0.6) is 0 Å². The van der Waals surface area contributed by atoms with E-state index in [9.17, 15) is 9.59 Å². The van der Waals surface area contributed by atoms with Gasteiger partial charge in [0, 0.05) is 13.1 Å². The maximum absolute atomic E-state index is 15.4. The fourth-order valence-corrected chi connectivity index (χ4v) is 3.81. The van der Waals surface area contributed by atoms with Crippen molar-refractivity contribution in [2.75, 3.05) is 13.2 Å². The number of likely N-dealkylation sites (tertiary alicyclic amines) is 1. The van der Waals surface area contributed by atoms with Crippen LogP contribution in [0.25, 0.3) is 0 Å². The lowest BCUT2D eigenvalue weighted by molar-refractivity contribution is 0.0106. The Balaban J connectivity index is 1.47.